The molecule has 0 heterocycles. The van der Waals surface area contributed by atoms with Gasteiger partial charge in [0.2, 0.25) is 10.0 Å². The first kappa shape index (κ1) is 15.6. The molecule has 0 spiro atoms. The van der Waals surface area contributed by atoms with Crippen LogP contribution < -0.4 is 15.8 Å². The molecule has 19 heavy (non-hydrogen) atoms. The average molecular weight is 305 g/mol. The fourth-order valence-corrected chi connectivity index (χ4v) is 2.33. The van der Waals surface area contributed by atoms with E-state index >= 15 is 0 Å². The molecule has 0 fully saturated rings. The second kappa shape index (κ2) is 6.16. The minimum atomic E-state index is -3.50. The van der Waals surface area contributed by atoms with Crippen molar-refractivity contribution in [1.29, 1.82) is 0 Å². The molecule has 8 heteroatoms. The van der Waals surface area contributed by atoms with Crippen molar-refractivity contribution >= 4 is 33.0 Å². The van der Waals surface area contributed by atoms with Gasteiger partial charge >= 0.3 is 0 Å². The normalized spacial score (nSPS) is 12.8. The summed E-state index contributed by atoms with van der Waals surface area (Å²) < 4.78 is 38.0. The van der Waals surface area contributed by atoms with E-state index in [1.807, 2.05) is 6.92 Å². The Labute approximate surface area is 117 Å². The molecule has 0 bridgehead atoms. The molecule has 4 N–H and O–H groups in total. The molecular weight excluding hydrogens is 289 g/mol. The highest BCUT2D eigenvalue weighted by molar-refractivity contribution is 7.92. The van der Waals surface area contributed by atoms with E-state index in [1.54, 1.807) is 6.07 Å². The molecule has 0 aliphatic carbocycles. The number of hydrogen-bond donors (Lipinski definition) is 3. The van der Waals surface area contributed by atoms with Gasteiger partial charge < -0.3 is 11.1 Å². The van der Waals surface area contributed by atoms with E-state index in [0.29, 0.717) is 12.0 Å². The van der Waals surface area contributed by atoms with Crippen LogP contribution in [0.1, 0.15) is 24.9 Å². The fraction of sp³-hybridized carbons (Fsp3) is 0.364. The van der Waals surface area contributed by atoms with E-state index in [2.05, 4.69) is 10.0 Å². The Morgan fingerprint density at radius 1 is 1.53 bits per heavy atom. The van der Waals surface area contributed by atoms with E-state index in [4.69, 9.17) is 18.0 Å². The molecule has 0 saturated carbocycles. The van der Waals surface area contributed by atoms with Gasteiger partial charge in [-0.3, -0.25) is 4.72 Å². The van der Waals surface area contributed by atoms with Gasteiger partial charge in [-0.2, -0.15) is 0 Å². The molecule has 5 nitrogen and oxygen atoms in total. The van der Waals surface area contributed by atoms with Crippen LogP contribution in [-0.2, 0) is 10.0 Å². The maximum absolute atomic E-state index is 13.8. The Balaban J connectivity index is 3.01. The smallest absolute Gasteiger partial charge is 0.229 e. The van der Waals surface area contributed by atoms with Crippen molar-refractivity contribution in [2.24, 2.45) is 5.73 Å². The summed E-state index contributed by atoms with van der Waals surface area (Å²) in [5, 5.41) is 2.97. The second-order valence-electron chi connectivity index (χ2n) is 4.08. The SMILES string of the molecule is CCC(NC(N)=S)c1ccc(NS(C)(=O)=O)c(F)c1. The summed E-state index contributed by atoms with van der Waals surface area (Å²) in [7, 11) is -3.50. The number of hydrogen-bond acceptors (Lipinski definition) is 3. The quantitative estimate of drug-likeness (QED) is 0.718. The lowest BCUT2D eigenvalue weighted by Crippen LogP contribution is -2.32. The number of nitrogens with two attached hydrogens (primary N) is 1. The average Bonchev–Trinajstić information content (AvgIpc) is 2.27. The van der Waals surface area contributed by atoms with Gasteiger partial charge in [-0.05, 0) is 36.3 Å². The van der Waals surface area contributed by atoms with Gasteiger partial charge in [0.25, 0.3) is 0 Å². The van der Waals surface area contributed by atoms with Crippen LogP contribution in [-0.4, -0.2) is 19.8 Å². The summed E-state index contributed by atoms with van der Waals surface area (Å²) in [4.78, 5) is 0. The second-order valence-corrected chi connectivity index (χ2v) is 6.27. The Bertz CT molecular complexity index is 575. The van der Waals surface area contributed by atoms with Gasteiger partial charge in [-0.15, -0.1) is 0 Å². The molecule has 0 aromatic heterocycles. The highest BCUT2D eigenvalue weighted by Gasteiger charge is 2.13. The van der Waals surface area contributed by atoms with Gasteiger partial charge in [0, 0.05) is 0 Å². The van der Waals surface area contributed by atoms with Crippen LogP contribution in [0.4, 0.5) is 10.1 Å². The maximum Gasteiger partial charge on any atom is 0.229 e. The largest absolute Gasteiger partial charge is 0.376 e. The molecule has 0 aliphatic heterocycles. The van der Waals surface area contributed by atoms with Crippen LogP contribution in [0, 0.1) is 5.82 Å². The first-order chi connectivity index (χ1) is 8.73. The predicted octanol–water partition coefficient (Wildman–Crippen LogP) is 1.48. The van der Waals surface area contributed by atoms with Crippen LogP contribution in [0.3, 0.4) is 0 Å². The molecule has 1 unspecified atom stereocenters. The third-order valence-electron chi connectivity index (χ3n) is 2.42. The first-order valence-corrected chi connectivity index (χ1v) is 7.86. The Kier molecular flexibility index (Phi) is 5.07. The molecule has 0 radical (unpaired) electrons. The first-order valence-electron chi connectivity index (χ1n) is 5.56. The van der Waals surface area contributed by atoms with Crippen molar-refractivity contribution in [2.45, 2.75) is 19.4 Å². The van der Waals surface area contributed by atoms with Crippen molar-refractivity contribution in [3.63, 3.8) is 0 Å². The van der Waals surface area contributed by atoms with Crippen molar-refractivity contribution in [1.82, 2.24) is 5.32 Å². The molecule has 1 rings (SSSR count). The highest BCUT2D eigenvalue weighted by atomic mass is 32.2. The summed E-state index contributed by atoms with van der Waals surface area (Å²) in [5.74, 6) is -0.647. The minimum absolute atomic E-state index is 0.0866. The number of halogens is 1. The minimum Gasteiger partial charge on any atom is -0.376 e. The van der Waals surface area contributed by atoms with Crippen LogP contribution in [0.25, 0.3) is 0 Å². The van der Waals surface area contributed by atoms with Gasteiger partial charge in [0.1, 0.15) is 5.82 Å². The Morgan fingerprint density at radius 2 is 2.16 bits per heavy atom. The van der Waals surface area contributed by atoms with Crippen molar-refractivity contribution in [2.75, 3.05) is 11.0 Å². The third kappa shape index (κ3) is 4.99. The molecule has 1 aromatic rings. The standard InChI is InChI=1S/C11H16FN3O2S2/c1-3-9(14-11(13)18)7-4-5-10(8(12)6-7)15-19(2,16)17/h4-6,9,15H,3H2,1-2H3,(H3,13,14,18). The van der Waals surface area contributed by atoms with Crippen LogP contribution in [0.15, 0.2) is 18.2 Å². The fourth-order valence-electron chi connectivity index (χ4n) is 1.62. The summed E-state index contributed by atoms with van der Waals surface area (Å²) in [6.45, 7) is 1.90. The lowest BCUT2D eigenvalue weighted by molar-refractivity contribution is 0.596. The van der Waals surface area contributed by atoms with Gasteiger partial charge in [-0.25, -0.2) is 12.8 Å². The van der Waals surface area contributed by atoms with Crippen LogP contribution in [0.5, 0.6) is 0 Å². The molecule has 0 saturated heterocycles. The highest BCUT2D eigenvalue weighted by Crippen LogP contribution is 2.22. The topological polar surface area (TPSA) is 84.2 Å². The zero-order valence-corrected chi connectivity index (χ0v) is 12.2. The van der Waals surface area contributed by atoms with Gasteiger partial charge in [-0.1, -0.05) is 13.0 Å². The maximum atomic E-state index is 13.8. The molecule has 106 valence electrons. The number of rotatable bonds is 5. The van der Waals surface area contributed by atoms with E-state index in [-0.39, 0.29) is 16.8 Å². The number of benzene rings is 1. The molecule has 0 amide bonds. The summed E-state index contributed by atoms with van der Waals surface area (Å²) in [6, 6.07) is 4.04. The monoisotopic (exact) mass is 305 g/mol. The number of anilines is 1. The summed E-state index contributed by atoms with van der Waals surface area (Å²) >= 11 is 4.75. The van der Waals surface area contributed by atoms with E-state index in [0.717, 1.165) is 6.26 Å². The Hall–Kier alpha value is -1.41. The number of nitrogens with one attached hydrogen (secondary N) is 2. The molecule has 0 aliphatic rings. The summed E-state index contributed by atoms with van der Waals surface area (Å²) in [5.41, 5.74) is 5.95. The van der Waals surface area contributed by atoms with Crippen LogP contribution >= 0.6 is 12.2 Å². The third-order valence-corrected chi connectivity index (χ3v) is 3.12. The van der Waals surface area contributed by atoms with E-state index in [1.165, 1.54) is 12.1 Å². The molecule has 1 aromatic carbocycles. The predicted molar refractivity (Wildman–Crippen MR) is 77.8 cm³/mol. The Morgan fingerprint density at radius 3 is 2.58 bits per heavy atom. The zero-order chi connectivity index (χ0) is 14.6. The molecule has 1 atom stereocenters. The van der Waals surface area contributed by atoms with Crippen molar-refractivity contribution in [3.8, 4) is 0 Å². The number of sulfonamides is 1. The van der Waals surface area contributed by atoms with Crippen LogP contribution in [0.2, 0.25) is 0 Å². The van der Waals surface area contributed by atoms with Crippen molar-refractivity contribution < 1.29 is 12.8 Å². The zero-order valence-electron chi connectivity index (χ0n) is 10.6. The van der Waals surface area contributed by atoms with E-state index in [9.17, 15) is 12.8 Å². The summed E-state index contributed by atoms with van der Waals surface area (Å²) in [6.07, 6.45) is 1.62. The van der Waals surface area contributed by atoms with Gasteiger partial charge in [0.05, 0.1) is 18.0 Å². The lowest BCUT2D eigenvalue weighted by Gasteiger charge is -2.18. The lowest BCUT2D eigenvalue weighted by atomic mass is 10.0. The van der Waals surface area contributed by atoms with E-state index < -0.39 is 15.8 Å². The van der Waals surface area contributed by atoms with Gasteiger partial charge in [0.15, 0.2) is 5.11 Å². The number of thiocarbonyl (C=S) groups is 1. The van der Waals surface area contributed by atoms with Crippen molar-refractivity contribution in [3.05, 3.63) is 29.6 Å². The molecular formula is C11H16FN3O2S2.